The first kappa shape index (κ1) is 16.8. The summed E-state index contributed by atoms with van der Waals surface area (Å²) < 4.78 is 6.25. The van der Waals surface area contributed by atoms with Gasteiger partial charge < -0.3 is 19.2 Å². The van der Waals surface area contributed by atoms with Crippen molar-refractivity contribution in [2.45, 2.75) is 13.0 Å². The highest BCUT2D eigenvalue weighted by atomic mass is 79.9. The number of halogens is 1. The van der Waals surface area contributed by atoms with E-state index in [4.69, 9.17) is 4.42 Å². The lowest BCUT2D eigenvalue weighted by molar-refractivity contribution is -0.128. The van der Waals surface area contributed by atoms with E-state index in [-0.39, 0.29) is 6.04 Å². The Bertz CT molecular complexity index is 980. The molecule has 0 aliphatic carbocycles. The van der Waals surface area contributed by atoms with Gasteiger partial charge in [-0.15, -0.1) is 0 Å². The fourth-order valence-electron chi connectivity index (χ4n) is 3.32. The zero-order valence-electron chi connectivity index (χ0n) is 14.1. The number of fused-ring (bicyclic) bond motifs is 1. The maximum Gasteiger partial charge on any atom is 0.295 e. The van der Waals surface area contributed by atoms with Crippen molar-refractivity contribution < 1.29 is 14.0 Å². The fraction of sp³-hybridized carbons (Fsp3) is 0.278. The van der Waals surface area contributed by atoms with Crippen molar-refractivity contribution in [2.75, 3.05) is 24.5 Å². The molecule has 4 heterocycles. The number of nitrogens with zero attached hydrogens (tertiary/aromatic N) is 3. The molecule has 0 bridgehead atoms. The summed E-state index contributed by atoms with van der Waals surface area (Å²) in [7, 11) is 0. The van der Waals surface area contributed by atoms with Crippen LogP contribution in [-0.2, 0) is 4.79 Å². The van der Waals surface area contributed by atoms with Gasteiger partial charge in [-0.2, -0.15) is 0 Å². The van der Waals surface area contributed by atoms with Crippen molar-refractivity contribution in [1.29, 1.82) is 0 Å². The first-order valence-electron chi connectivity index (χ1n) is 8.32. The second kappa shape index (κ2) is 6.60. The van der Waals surface area contributed by atoms with Gasteiger partial charge in [-0.1, -0.05) is 0 Å². The zero-order valence-corrected chi connectivity index (χ0v) is 15.7. The third kappa shape index (κ3) is 2.90. The number of aromatic nitrogens is 2. The summed E-state index contributed by atoms with van der Waals surface area (Å²) in [5.41, 5.74) is 0.965. The molecule has 1 saturated heterocycles. The molecule has 0 saturated carbocycles. The molecular weight excluding hydrogens is 400 g/mol. The van der Waals surface area contributed by atoms with E-state index in [1.807, 2.05) is 19.1 Å². The Labute approximate surface area is 158 Å². The third-order valence-electron chi connectivity index (χ3n) is 4.65. The van der Waals surface area contributed by atoms with Crippen molar-refractivity contribution in [3.8, 4) is 0 Å². The molecule has 0 aromatic carbocycles. The van der Waals surface area contributed by atoms with Crippen LogP contribution in [0.5, 0.6) is 0 Å². The van der Waals surface area contributed by atoms with Crippen molar-refractivity contribution >= 4 is 44.5 Å². The number of furan rings is 1. The number of hydrogen-bond donors (Lipinski definition) is 1. The number of nitrogens with one attached hydrogen (secondary N) is 1. The molecule has 134 valence electrons. The van der Waals surface area contributed by atoms with Gasteiger partial charge in [-0.25, -0.2) is 4.98 Å². The van der Waals surface area contributed by atoms with Gasteiger partial charge >= 0.3 is 0 Å². The highest BCUT2D eigenvalue weighted by Gasteiger charge is 2.33. The van der Waals surface area contributed by atoms with E-state index >= 15 is 0 Å². The number of pyridine rings is 1. The highest BCUT2D eigenvalue weighted by molar-refractivity contribution is 9.10. The third-order valence-corrected chi connectivity index (χ3v) is 5.08. The van der Waals surface area contributed by atoms with Crippen molar-refractivity contribution in [3.05, 3.63) is 46.9 Å². The number of ketones is 1. The second-order valence-corrected chi connectivity index (χ2v) is 7.08. The van der Waals surface area contributed by atoms with Crippen LogP contribution in [0, 0.1) is 0 Å². The minimum absolute atomic E-state index is 0.104. The van der Waals surface area contributed by atoms with E-state index < -0.39 is 11.7 Å². The van der Waals surface area contributed by atoms with Crippen LogP contribution in [0.4, 0.5) is 5.88 Å². The van der Waals surface area contributed by atoms with Crippen molar-refractivity contribution in [2.24, 2.45) is 0 Å². The molecule has 1 aliphatic rings. The van der Waals surface area contributed by atoms with Crippen LogP contribution in [0.2, 0.25) is 0 Å². The van der Waals surface area contributed by atoms with Crippen molar-refractivity contribution in [3.63, 3.8) is 0 Å². The zero-order chi connectivity index (χ0) is 18.3. The lowest BCUT2D eigenvalue weighted by atomic mass is 10.1. The summed E-state index contributed by atoms with van der Waals surface area (Å²) in [6.07, 6.45) is 3.20. The number of hydrogen-bond acceptors (Lipinski definition) is 5. The van der Waals surface area contributed by atoms with Crippen LogP contribution in [0.25, 0.3) is 11.0 Å². The lowest BCUT2D eigenvalue weighted by Gasteiger charge is -2.39. The quantitative estimate of drug-likeness (QED) is 0.524. The van der Waals surface area contributed by atoms with Crippen LogP contribution in [0.1, 0.15) is 17.3 Å². The Balaban J connectivity index is 1.51. The Morgan fingerprint density at radius 2 is 2.15 bits per heavy atom. The predicted octanol–water partition coefficient (Wildman–Crippen LogP) is 2.84. The van der Waals surface area contributed by atoms with Crippen molar-refractivity contribution in [1.82, 2.24) is 14.9 Å². The Morgan fingerprint density at radius 1 is 1.31 bits per heavy atom. The summed E-state index contributed by atoms with van der Waals surface area (Å²) in [6.45, 7) is 3.62. The Kier molecular flexibility index (Phi) is 4.28. The molecule has 1 fully saturated rings. The van der Waals surface area contributed by atoms with Gasteiger partial charge in [0.25, 0.3) is 11.7 Å². The lowest BCUT2D eigenvalue weighted by Crippen LogP contribution is -2.55. The summed E-state index contributed by atoms with van der Waals surface area (Å²) in [4.78, 5) is 36.3. The Morgan fingerprint density at radius 3 is 2.88 bits per heavy atom. The summed E-state index contributed by atoms with van der Waals surface area (Å²) >= 11 is 3.30. The molecule has 0 unspecified atom stereocenters. The summed E-state index contributed by atoms with van der Waals surface area (Å²) in [6, 6.07) is 7.16. The van der Waals surface area contributed by atoms with Gasteiger partial charge in [0, 0.05) is 49.5 Å². The second-order valence-electron chi connectivity index (χ2n) is 6.30. The number of Topliss-reactive ketones (excluding diaryl/α,β-unsaturated/α-hetero) is 1. The van der Waals surface area contributed by atoms with E-state index in [0.29, 0.717) is 40.9 Å². The molecule has 0 radical (unpaired) electrons. The summed E-state index contributed by atoms with van der Waals surface area (Å²) in [5, 5.41) is 0.664. The molecule has 3 aromatic rings. The maximum absolute atomic E-state index is 12.8. The van der Waals surface area contributed by atoms with Gasteiger partial charge in [-0.05, 0) is 41.1 Å². The molecule has 1 N–H and O–H groups in total. The predicted molar refractivity (Wildman–Crippen MR) is 100 cm³/mol. The number of anilines is 1. The van der Waals surface area contributed by atoms with E-state index in [1.54, 1.807) is 29.4 Å². The molecule has 26 heavy (non-hydrogen) atoms. The first-order chi connectivity index (χ1) is 12.5. The number of carbonyl (C=O) groups excluding carboxylic acids is 2. The van der Waals surface area contributed by atoms with Gasteiger partial charge in [0.05, 0.1) is 5.56 Å². The van der Waals surface area contributed by atoms with Gasteiger partial charge in [0.15, 0.2) is 10.6 Å². The van der Waals surface area contributed by atoms with E-state index in [0.717, 1.165) is 5.88 Å². The van der Waals surface area contributed by atoms with E-state index in [9.17, 15) is 9.59 Å². The number of amides is 1. The first-order valence-corrected chi connectivity index (χ1v) is 9.11. The SMILES string of the molecule is C[C@@H]1CN(c2ccc(Br)o2)CCN1C(=O)C(=O)c1c[nH]c2ncccc12. The molecule has 8 heteroatoms. The van der Waals surface area contributed by atoms with Crippen LogP contribution in [-0.4, -0.2) is 52.2 Å². The molecule has 1 atom stereocenters. The van der Waals surface area contributed by atoms with Crippen LogP contribution >= 0.6 is 15.9 Å². The molecule has 1 aliphatic heterocycles. The smallest absolute Gasteiger partial charge is 0.295 e. The molecule has 3 aromatic heterocycles. The summed E-state index contributed by atoms with van der Waals surface area (Å²) in [5.74, 6) is -0.238. The molecule has 0 spiro atoms. The van der Waals surface area contributed by atoms with Gasteiger partial charge in [-0.3, -0.25) is 9.59 Å². The number of carbonyl (C=O) groups is 2. The number of rotatable bonds is 3. The van der Waals surface area contributed by atoms with Gasteiger partial charge in [0.2, 0.25) is 0 Å². The minimum Gasteiger partial charge on any atom is -0.434 e. The van der Waals surface area contributed by atoms with Crippen LogP contribution < -0.4 is 4.90 Å². The topological polar surface area (TPSA) is 82.4 Å². The average molecular weight is 417 g/mol. The minimum atomic E-state index is -0.509. The maximum atomic E-state index is 12.8. The number of piperazine rings is 1. The molecular formula is C18H17BrN4O3. The monoisotopic (exact) mass is 416 g/mol. The van der Waals surface area contributed by atoms with E-state index in [1.165, 1.54) is 0 Å². The number of aromatic amines is 1. The van der Waals surface area contributed by atoms with E-state index in [2.05, 4.69) is 30.8 Å². The van der Waals surface area contributed by atoms with Crippen LogP contribution in [0.15, 0.2) is 45.7 Å². The van der Waals surface area contributed by atoms with Crippen LogP contribution in [0.3, 0.4) is 0 Å². The molecule has 1 amide bonds. The standard InChI is InChI=1S/C18H17BrN4O3/c1-11-10-22(15-5-4-14(19)26-15)7-8-23(11)18(25)16(24)13-9-21-17-12(13)3-2-6-20-17/h2-6,9,11H,7-8,10H2,1H3,(H,20,21)/t11-/m1/s1. The normalized spacial score (nSPS) is 17.7. The molecule has 4 rings (SSSR count). The van der Waals surface area contributed by atoms with Gasteiger partial charge in [0.1, 0.15) is 5.65 Å². The largest absolute Gasteiger partial charge is 0.434 e. The fourth-order valence-corrected chi connectivity index (χ4v) is 3.62. The highest BCUT2D eigenvalue weighted by Crippen LogP contribution is 2.25. The molecule has 7 nitrogen and oxygen atoms in total. The number of H-pyrrole nitrogens is 1. The Hall–Kier alpha value is -2.61. The average Bonchev–Trinajstić information content (AvgIpc) is 3.27.